The molecular formula is C20H24ClN5O3. The van der Waals surface area contributed by atoms with Gasteiger partial charge in [-0.1, -0.05) is 25.1 Å². The number of benzene rings is 1. The highest BCUT2D eigenvalue weighted by molar-refractivity contribution is 5.85. The summed E-state index contributed by atoms with van der Waals surface area (Å²) in [5.41, 5.74) is 7.58. The molecular weight excluding hydrogens is 394 g/mol. The summed E-state index contributed by atoms with van der Waals surface area (Å²) in [7, 11) is 0. The standard InChI is InChI=1S/C20H23N5O3.ClH/c1-13(2)18(21)20(26)23-11-17-24-19(25-28-17)15-5-7-16(8-6-15)27-12-14-4-3-9-22-10-14;/h3-10,13,18H,11-12,21H2,1-2H3,(H,23,26);1H/t18-;/m0./s1. The Labute approximate surface area is 175 Å². The van der Waals surface area contributed by atoms with E-state index < -0.39 is 6.04 Å². The summed E-state index contributed by atoms with van der Waals surface area (Å²) in [4.78, 5) is 20.2. The maximum Gasteiger partial charge on any atom is 0.246 e. The normalized spacial score (nSPS) is 11.6. The van der Waals surface area contributed by atoms with Crippen molar-refractivity contribution >= 4 is 18.3 Å². The van der Waals surface area contributed by atoms with Crippen molar-refractivity contribution in [2.75, 3.05) is 0 Å². The molecule has 3 rings (SSSR count). The van der Waals surface area contributed by atoms with Gasteiger partial charge in [-0.05, 0) is 36.2 Å². The molecule has 1 amide bonds. The van der Waals surface area contributed by atoms with Crippen molar-refractivity contribution in [3.05, 3.63) is 60.2 Å². The van der Waals surface area contributed by atoms with Crippen LogP contribution in [0.5, 0.6) is 5.75 Å². The first-order chi connectivity index (χ1) is 13.5. The van der Waals surface area contributed by atoms with Crippen LogP contribution in [0.1, 0.15) is 25.3 Å². The second kappa shape index (κ2) is 10.5. The van der Waals surface area contributed by atoms with Crippen LogP contribution in [0.15, 0.2) is 53.3 Å². The fourth-order valence-electron chi connectivity index (χ4n) is 2.38. The molecule has 0 saturated carbocycles. The van der Waals surface area contributed by atoms with Gasteiger partial charge in [0.05, 0.1) is 12.6 Å². The average Bonchev–Trinajstić information content (AvgIpc) is 3.20. The lowest BCUT2D eigenvalue weighted by Crippen LogP contribution is -2.43. The van der Waals surface area contributed by atoms with E-state index >= 15 is 0 Å². The number of rotatable bonds is 8. The van der Waals surface area contributed by atoms with E-state index in [2.05, 4.69) is 20.4 Å². The predicted octanol–water partition coefficient (Wildman–Crippen LogP) is 2.73. The molecule has 0 aliphatic carbocycles. The largest absolute Gasteiger partial charge is 0.489 e. The Kier molecular flexibility index (Phi) is 8.11. The van der Waals surface area contributed by atoms with Crippen LogP contribution in [-0.4, -0.2) is 27.1 Å². The van der Waals surface area contributed by atoms with Gasteiger partial charge in [0.15, 0.2) is 0 Å². The Morgan fingerprint density at radius 3 is 2.66 bits per heavy atom. The number of carbonyl (C=O) groups excluding carboxylic acids is 1. The van der Waals surface area contributed by atoms with Gasteiger partial charge in [-0.3, -0.25) is 9.78 Å². The highest BCUT2D eigenvalue weighted by atomic mass is 35.5. The van der Waals surface area contributed by atoms with Crippen molar-refractivity contribution in [2.45, 2.75) is 33.0 Å². The number of nitrogens with zero attached hydrogens (tertiary/aromatic N) is 3. The van der Waals surface area contributed by atoms with Crippen LogP contribution in [-0.2, 0) is 17.9 Å². The Morgan fingerprint density at radius 1 is 1.24 bits per heavy atom. The van der Waals surface area contributed by atoms with Gasteiger partial charge in [-0.15, -0.1) is 12.4 Å². The smallest absolute Gasteiger partial charge is 0.246 e. The number of nitrogens with one attached hydrogen (secondary N) is 1. The minimum Gasteiger partial charge on any atom is -0.489 e. The highest BCUT2D eigenvalue weighted by Gasteiger charge is 2.18. The molecule has 29 heavy (non-hydrogen) atoms. The van der Waals surface area contributed by atoms with Crippen molar-refractivity contribution in [3.63, 3.8) is 0 Å². The van der Waals surface area contributed by atoms with Gasteiger partial charge < -0.3 is 20.3 Å². The van der Waals surface area contributed by atoms with E-state index in [1.54, 1.807) is 12.4 Å². The molecule has 0 saturated heterocycles. The number of halogens is 1. The number of nitrogens with two attached hydrogens (primary N) is 1. The molecule has 3 aromatic rings. The molecule has 2 aromatic heterocycles. The molecule has 0 bridgehead atoms. The van der Waals surface area contributed by atoms with Gasteiger partial charge in [-0.2, -0.15) is 4.98 Å². The molecule has 1 atom stereocenters. The summed E-state index contributed by atoms with van der Waals surface area (Å²) >= 11 is 0. The van der Waals surface area contributed by atoms with Crippen molar-refractivity contribution in [1.29, 1.82) is 0 Å². The van der Waals surface area contributed by atoms with Crippen LogP contribution in [0.4, 0.5) is 0 Å². The molecule has 1 aromatic carbocycles. The Hall–Kier alpha value is -2.97. The van der Waals surface area contributed by atoms with E-state index in [1.165, 1.54) is 0 Å². The molecule has 0 fully saturated rings. The summed E-state index contributed by atoms with van der Waals surface area (Å²) in [6, 6.07) is 10.6. The van der Waals surface area contributed by atoms with Crippen molar-refractivity contribution < 1.29 is 14.1 Å². The number of carbonyl (C=O) groups is 1. The number of hydrogen-bond donors (Lipinski definition) is 2. The van der Waals surface area contributed by atoms with Gasteiger partial charge in [0.25, 0.3) is 0 Å². The number of pyridine rings is 1. The number of amides is 1. The lowest BCUT2D eigenvalue weighted by atomic mass is 10.1. The first kappa shape index (κ1) is 22.3. The van der Waals surface area contributed by atoms with Gasteiger partial charge in [0.1, 0.15) is 12.4 Å². The van der Waals surface area contributed by atoms with Crippen LogP contribution in [0, 0.1) is 5.92 Å². The quantitative estimate of drug-likeness (QED) is 0.578. The molecule has 8 nitrogen and oxygen atoms in total. The third kappa shape index (κ3) is 6.27. The number of hydrogen-bond acceptors (Lipinski definition) is 7. The van der Waals surface area contributed by atoms with E-state index in [1.807, 2.05) is 50.2 Å². The maximum absolute atomic E-state index is 11.9. The van der Waals surface area contributed by atoms with Gasteiger partial charge in [-0.25, -0.2) is 0 Å². The third-order valence-corrected chi connectivity index (χ3v) is 4.14. The molecule has 3 N–H and O–H groups in total. The minimum absolute atomic E-state index is 0. The van der Waals surface area contributed by atoms with Crippen LogP contribution in [0.25, 0.3) is 11.4 Å². The summed E-state index contributed by atoms with van der Waals surface area (Å²) in [5, 5.41) is 6.65. The molecule has 0 spiro atoms. The van der Waals surface area contributed by atoms with E-state index in [0.717, 1.165) is 16.9 Å². The Balaban J connectivity index is 0.00000300. The fourth-order valence-corrected chi connectivity index (χ4v) is 2.38. The monoisotopic (exact) mass is 417 g/mol. The summed E-state index contributed by atoms with van der Waals surface area (Å²) in [5.74, 6) is 1.29. The second-order valence-corrected chi connectivity index (χ2v) is 6.67. The van der Waals surface area contributed by atoms with E-state index in [9.17, 15) is 4.79 Å². The molecule has 154 valence electrons. The van der Waals surface area contributed by atoms with E-state index in [0.29, 0.717) is 18.3 Å². The highest BCUT2D eigenvalue weighted by Crippen LogP contribution is 2.20. The molecule has 0 aliphatic rings. The van der Waals surface area contributed by atoms with Gasteiger partial charge in [0, 0.05) is 23.5 Å². The lowest BCUT2D eigenvalue weighted by Gasteiger charge is -2.14. The van der Waals surface area contributed by atoms with E-state index in [-0.39, 0.29) is 30.8 Å². The Bertz CT molecular complexity index is 900. The molecule has 2 heterocycles. The van der Waals surface area contributed by atoms with Crippen LogP contribution < -0.4 is 15.8 Å². The molecule has 0 aliphatic heterocycles. The van der Waals surface area contributed by atoms with Crippen LogP contribution in [0.3, 0.4) is 0 Å². The van der Waals surface area contributed by atoms with Gasteiger partial charge in [0.2, 0.25) is 17.6 Å². The average molecular weight is 418 g/mol. The zero-order valence-corrected chi connectivity index (χ0v) is 17.1. The number of ether oxygens (including phenoxy) is 1. The first-order valence-corrected chi connectivity index (χ1v) is 9.01. The zero-order chi connectivity index (χ0) is 19.9. The topological polar surface area (TPSA) is 116 Å². The van der Waals surface area contributed by atoms with Gasteiger partial charge >= 0.3 is 0 Å². The van der Waals surface area contributed by atoms with Crippen molar-refractivity contribution in [1.82, 2.24) is 20.4 Å². The summed E-state index contributed by atoms with van der Waals surface area (Å²) in [6.45, 7) is 4.36. The van der Waals surface area contributed by atoms with Crippen LogP contribution >= 0.6 is 12.4 Å². The van der Waals surface area contributed by atoms with Crippen LogP contribution in [0.2, 0.25) is 0 Å². The maximum atomic E-state index is 11.9. The Morgan fingerprint density at radius 2 is 2.00 bits per heavy atom. The number of aromatic nitrogens is 3. The SMILES string of the molecule is CC(C)[C@H](N)C(=O)NCc1nc(-c2ccc(OCc3cccnc3)cc2)no1.Cl. The van der Waals surface area contributed by atoms with Crippen molar-refractivity contribution in [3.8, 4) is 17.1 Å². The first-order valence-electron chi connectivity index (χ1n) is 9.01. The molecule has 0 radical (unpaired) electrons. The predicted molar refractivity (Wildman–Crippen MR) is 110 cm³/mol. The zero-order valence-electron chi connectivity index (χ0n) is 16.2. The molecule has 0 unspecified atom stereocenters. The van der Waals surface area contributed by atoms with E-state index in [4.69, 9.17) is 15.0 Å². The summed E-state index contributed by atoms with van der Waals surface area (Å²) < 4.78 is 10.9. The lowest BCUT2D eigenvalue weighted by molar-refractivity contribution is -0.123. The van der Waals surface area contributed by atoms with Crippen molar-refractivity contribution in [2.24, 2.45) is 11.7 Å². The minimum atomic E-state index is -0.568. The summed E-state index contributed by atoms with van der Waals surface area (Å²) in [6.07, 6.45) is 3.49. The second-order valence-electron chi connectivity index (χ2n) is 6.67. The third-order valence-electron chi connectivity index (χ3n) is 4.14. The fraction of sp³-hybridized carbons (Fsp3) is 0.300. The molecule has 9 heteroatoms.